The van der Waals surface area contributed by atoms with Gasteiger partial charge in [0.1, 0.15) is 5.76 Å². The fourth-order valence-corrected chi connectivity index (χ4v) is 2.13. The first-order valence-corrected chi connectivity index (χ1v) is 6.25. The molecule has 0 aliphatic rings. The molecule has 0 amide bonds. The van der Waals surface area contributed by atoms with Crippen LogP contribution in [0.1, 0.15) is 52.8 Å². The highest BCUT2D eigenvalue weighted by Crippen LogP contribution is 2.33. The molecule has 0 aliphatic carbocycles. The van der Waals surface area contributed by atoms with Crippen LogP contribution in [-0.4, -0.2) is 18.0 Å². The van der Waals surface area contributed by atoms with E-state index in [1.54, 1.807) is 6.26 Å². The molecule has 1 heterocycles. The van der Waals surface area contributed by atoms with Crippen molar-refractivity contribution in [2.24, 2.45) is 5.41 Å². The van der Waals surface area contributed by atoms with E-state index in [0.717, 1.165) is 25.3 Å². The molecule has 0 N–H and O–H groups in total. The number of furan rings is 1. The van der Waals surface area contributed by atoms with E-state index in [1.807, 2.05) is 6.07 Å². The Hall–Kier alpha value is -0.760. The lowest BCUT2D eigenvalue weighted by Gasteiger charge is -2.33. The Labute approximate surface area is 99.6 Å². The molecule has 1 unspecified atom stereocenters. The van der Waals surface area contributed by atoms with Crippen molar-refractivity contribution < 1.29 is 4.42 Å². The maximum atomic E-state index is 5.58. The third-order valence-corrected chi connectivity index (χ3v) is 2.93. The smallest absolute Gasteiger partial charge is 0.120 e. The summed E-state index contributed by atoms with van der Waals surface area (Å²) in [6.07, 6.45) is 2.90. The van der Waals surface area contributed by atoms with Crippen LogP contribution in [0.5, 0.6) is 0 Å². The molecule has 0 aromatic carbocycles. The Kier molecular flexibility index (Phi) is 4.60. The average Bonchev–Trinajstić information content (AvgIpc) is 2.68. The third-order valence-electron chi connectivity index (χ3n) is 2.93. The van der Waals surface area contributed by atoms with E-state index >= 15 is 0 Å². The van der Waals surface area contributed by atoms with Crippen LogP contribution in [0.25, 0.3) is 0 Å². The van der Waals surface area contributed by atoms with Gasteiger partial charge in [0.05, 0.1) is 12.3 Å². The monoisotopic (exact) mass is 223 g/mol. The molecule has 0 fully saturated rings. The van der Waals surface area contributed by atoms with E-state index in [4.69, 9.17) is 4.42 Å². The van der Waals surface area contributed by atoms with Crippen LogP contribution in [0.4, 0.5) is 0 Å². The van der Waals surface area contributed by atoms with Gasteiger partial charge in [0, 0.05) is 0 Å². The summed E-state index contributed by atoms with van der Waals surface area (Å²) in [6.45, 7) is 13.4. The van der Waals surface area contributed by atoms with Crippen LogP contribution in [0.2, 0.25) is 0 Å². The summed E-state index contributed by atoms with van der Waals surface area (Å²) in [5.74, 6) is 1.10. The van der Waals surface area contributed by atoms with Crippen molar-refractivity contribution in [1.82, 2.24) is 4.90 Å². The Balaban J connectivity index is 2.85. The van der Waals surface area contributed by atoms with Gasteiger partial charge in [-0.15, -0.1) is 0 Å². The van der Waals surface area contributed by atoms with Crippen LogP contribution in [-0.2, 0) is 0 Å². The maximum Gasteiger partial charge on any atom is 0.120 e. The van der Waals surface area contributed by atoms with Crippen LogP contribution in [0, 0.1) is 5.41 Å². The van der Waals surface area contributed by atoms with Gasteiger partial charge in [-0.25, -0.2) is 0 Å². The van der Waals surface area contributed by atoms with E-state index in [2.05, 4.69) is 45.6 Å². The largest absolute Gasteiger partial charge is 0.468 e. The molecule has 0 saturated carbocycles. The first-order chi connectivity index (χ1) is 7.48. The molecule has 1 rings (SSSR count). The Morgan fingerprint density at radius 3 is 2.25 bits per heavy atom. The molecular formula is C14H25NO. The standard InChI is InChI=1S/C14H25NO/c1-6-15(7-2)12(11-14(3,4)5)13-9-8-10-16-13/h8-10,12H,6-7,11H2,1-5H3. The van der Waals surface area contributed by atoms with E-state index in [-0.39, 0.29) is 0 Å². The van der Waals surface area contributed by atoms with Crippen LogP contribution in [0.3, 0.4) is 0 Å². The second-order valence-electron chi connectivity index (χ2n) is 5.52. The molecule has 16 heavy (non-hydrogen) atoms. The number of hydrogen-bond donors (Lipinski definition) is 0. The molecule has 2 nitrogen and oxygen atoms in total. The molecule has 1 aromatic rings. The lowest BCUT2D eigenvalue weighted by atomic mass is 9.86. The van der Waals surface area contributed by atoms with Gasteiger partial charge < -0.3 is 4.42 Å². The van der Waals surface area contributed by atoms with Crippen molar-refractivity contribution in [3.63, 3.8) is 0 Å². The van der Waals surface area contributed by atoms with Gasteiger partial charge in [0.2, 0.25) is 0 Å². The zero-order valence-corrected chi connectivity index (χ0v) is 11.3. The summed E-state index contributed by atoms with van der Waals surface area (Å²) in [5, 5.41) is 0. The summed E-state index contributed by atoms with van der Waals surface area (Å²) in [5.41, 5.74) is 0.319. The molecule has 0 radical (unpaired) electrons. The van der Waals surface area contributed by atoms with Crippen molar-refractivity contribution >= 4 is 0 Å². The van der Waals surface area contributed by atoms with Gasteiger partial charge >= 0.3 is 0 Å². The summed E-state index contributed by atoms with van der Waals surface area (Å²) in [4.78, 5) is 2.46. The highest BCUT2D eigenvalue weighted by Gasteiger charge is 2.26. The van der Waals surface area contributed by atoms with Gasteiger partial charge in [0.25, 0.3) is 0 Å². The molecule has 92 valence electrons. The van der Waals surface area contributed by atoms with Gasteiger partial charge in [-0.2, -0.15) is 0 Å². The van der Waals surface area contributed by atoms with E-state index < -0.39 is 0 Å². The fraction of sp³-hybridized carbons (Fsp3) is 0.714. The molecule has 2 heteroatoms. The van der Waals surface area contributed by atoms with Crippen molar-refractivity contribution in [2.45, 2.75) is 47.1 Å². The highest BCUT2D eigenvalue weighted by molar-refractivity contribution is 5.05. The van der Waals surface area contributed by atoms with Crippen LogP contribution >= 0.6 is 0 Å². The molecule has 0 saturated heterocycles. The van der Waals surface area contributed by atoms with E-state index in [0.29, 0.717) is 11.5 Å². The van der Waals surface area contributed by atoms with E-state index in [9.17, 15) is 0 Å². The molecule has 0 spiro atoms. The van der Waals surface area contributed by atoms with Gasteiger partial charge in [-0.1, -0.05) is 34.6 Å². The number of nitrogens with zero attached hydrogens (tertiary/aromatic N) is 1. The van der Waals surface area contributed by atoms with Gasteiger partial charge in [-0.3, -0.25) is 4.90 Å². The minimum absolute atomic E-state index is 0.319. The Morgan fingerprint density at radius 2 is 1.88 bits per heavy atom. The van der Waals surface area contributed by atoms with Crippen molar-refractivity contribution in [3.05, 3.63) is 24.2 Å². The summed E-state index contributed by atoms with van der Waals surface area (Å²) < 4.78 is 5.58. The quantitative estimate of drug-likeness (QED) is 0.747. The second kappa shape index (κ2) is 5.53. The lowest BCUT2D eigenvalue weighted by Crippen LogP contribution is -2.31. The van der Waals surface area contributed by atoms with Crippen molar-refractivity contribution in [2.75, 3.05) is 13.1 Å². The summed E-state index contributed by atoms with van der Waals surface area (Å²) in [7, 11) is 0. The van der Waals surface area contributed by atoms with Crippen LogP contribution < -0.4 is 0 Å². The van der Waals surface area contributed by atoms with Crippen molar-refractivity contribution in [1.29, 1.82) is 0 Å². The van der Waals surface area contributed by atoms with E-state index in [1.165, 1.54) is 0 Å². The summed E-state index contributed by atoms with van der Waals surface area (Å²) >= 11 is 0. The molecule has 1 aromatic heterocycles. The molecule has 1 atom stereocenters. The minimum Gasteiger partial charge on any atom is -0.468 e. The first kappa shape index (κ1) is 13.3. The maximum absolute atomic E-state index is 5.58. The molecule has 0 bridgehead atoms. The predicted molar refractivity (Wildman–Crippen MR) is 68.4 cm³/mol. The average molecular weight is 223 g/mol. The van der Waals surface area contributed by atoms with Crippen molar-refractivity contribution in [3.8, 4) is 0 Å². The minimum atomic E-state index is 0.319. The number of rotatable bonds is 5. The molecule has 0 aliphatic heterocycles. The van der Waals surface area contributed by atoms with Crippen LogP contribution in [0.15, 0.2) is 22.8 Å². The first-order valence-electron chi connectivity index (χ1n) is 6.25. The Bertz CT molecular complexity index is 280. The summed E-state index contributed by atoms with van der Waals surface area (Å²) in [6, 6.07) is 4.48. The predicted octanol–water partition coefficient (Wildman–Crippen LogP) is 4.10. The fourth-order valence-electron chi connectivity index (χ4n) is 2.13. The second-order valence-corrected chi connectivity index (χ2v) is 5.52. The molecular weight excluding hydrogens is 198 g/mol. The van der Waals surface area contributed by atoms with Gasteiger partial charge in [-0.05, 0) is 37.1 Å². The third kappa shape index (κ3) is 3.67. The number of hydrogen-bond acceptors (Lipinski definition) is 2. The SMILES string of the molecule is CCN(CC)C(CC(C)(C)C)c1ccco1. The lowest BCUT2D eigenvalue weighted by molar-refractivity contribution is 0.142. The topological polar surface area (TPSA) is 16.4 Å². The van der Waals surface area contributed by atoms with Gasteiger partial charge in [0.15, 0.2) is 0 Å². The highest BCUT2D eigenvalue weighted by atomic mass is 16.3. The Morgan fingerprint density at radius 1 is 1.25 bits per heavy atom. The normalized spacial score (nSPS) is 14.4. The zero-order valence-electron chi connectivity index (χ0n) is 11.3. The zero-order chi connectivity index (χ0) is 12.2.